The predicted molar refractivity (Wildman–Crippen MR) is 79.6 cm³/mol. The first-order valence-electron chi connectivity index (χ1n) is 7.01. The van der Waals surface area contributed by atoms with Crippen molar-refractivity contribution in [1.29, 1.82) is 0 Å². The number of carbonyl (C=O) groups is 2. The zero-order chi connectivity index (χ0) is 15.4. The zero-order valence-corrected chi connectivity index (χ0v) is 12.5. The van der Waals surface area contributed by atoms with Crippen LogP contribution in [-0.4, -0.2) is 17.9 Å². The number of hydrogen-bond acceptors (Lipinski definition) is 2. The van der Waals surface area contributed by atoms with E-state index < -0.39 is 17.8 Å². The second-order valence-electron chi connectivity index (χ2n) is 5.31. The average Bonchev–Trinajstić information content (AvgIpc) is 2.94. The monoisotopic (exact) mass is 312 g/mol. The van der Waals surface area contributed by atoms with Gasteiger partial charge in [0.25, 0.3) is 0 Å². The lowest BCUT2D eigenvalue weighted by atomic mass is 9.97. The third-order valence-corrected chi connectivity index (χ3v) is 4.01. The average molecular weight is 313 g/mol. The van der Waals surface area contributed by atoms with Crippen LogP contribution in [0, 0.1) is 11.7 Å². The largest absolute Gasteiger partial charge is 0.344 e. The Balaban J connectivity index is 2.14. The van der Waals surface area contributed by atoms with Gasteiger partial charge in [-0.25, -0.2) is 4.39 Å². The number of carbonyl (C=O) groups excluding carboxylic acids is 2. The molecule has 1 fully saturated rings. The molecule has 0 heterocycles. The molecule has 2 amide bonds. The fourth-order valence-corrected chi connectivity index (χ4v) is 2.89. The molecule has 0 unspecified atom stereocenters. The molecule has 4 nitrogen and oxygen atoms in total. The van der Waals surface area contributed by atoms with Crippen molar-refractivity contribution >= 4 is 29.1 Å². The number of anilines is 1. The van der Waals surface area contributed by atoms with Crippen molar-refractivity contribution in [2.24, 2.45) is 5.92 Å². The van der Waals surface area contributed by atoms with E-state index in [2.05, 4.69) is 10.6 Å². The highest BCUT2D eigenvalue weighted by molar-refractivity contribution is 6.31. The van der Waals surface area contributed by atoms with Gasteiger partial charge in [0.2, 0.25) is 11.8 Å². The van der Waals surface area contributed by atoms with E-state index in [1.807, 2.05) is 0 Å². The Bertz CT molecular complexity index is 544. The summed E-state index contributed by atoms with van der Waals surface area (Å²) in [5.41, 5.74) is 0.0286. The van der Waals surface area contributed by atoms with E-state index in [1.54, 1.807) is 6.07 Å². The van der Waals surface area contributed by atoms with Gasteiger partial charge < -0.3 is 10.6 Å². The Kier molecular flexibility index (Phi) is 5.17. The van der Waals surface area contributed by atoms with E-state index in [0.717, 1.165) is 25.7 Å². The Morgan fingerprint density at radius 2 is 2.00 bits per heavy atom. The number of rotatable bonds is 4. The fourth-order valence-electron chi connectivity index (χ4n) is 2.72. The van der Waals surface area contributed by atoms with Crippen LogP contribution in [0.3, 0.4) is 0 Å². The SMILES string of the molecule is CC(=O)N[C@H](C(=O)Nc1cccc(Cl)c1F)C1CCCC1. The van der Waals surface area contributed by atoms with Gasteiger partial charge in [0, 0.05) is 6.92 Å². The van der Waals surface area contributed by atoms with E-state index in [-0.39, 0.29) is 22.5 Å². The number of halogens is 2. The van der Waals surface area contributed by atoms with Gasteiger partial charge in [-0.2, -0.15) is 0 Å². The maximum Gasteiger partial charge on any atom is 0.247 e. The molecule has 0 radical (unpaired) electrons. The number of hydrogen-bond donors (Lipinski definition) is 2. The quantitative estimate of drug-likeness (QED) is 0.897. The lowest BCUT2D eigenvalue weighted by Gasteiger charge is -2.23. The summed E-state index contributed by atoms with van der Waals surface area (Å²) in [7, 11) is 0. The third kappa shape index (κ3) is 3.94. The molecule has 1 aliphatic carbocycles. The molecule has 1 saturated carbocycles. The molecule has 114 valence electrons. The van der Waals surface area contributed by atoms with Crippen LogP contribution in [0.5, 0.6) is 0 Å². The maximum atomic E-state index is 13.8. The predicted octanol–water partition coefficient (Wildman–Crippen LogP) is 3.11. The van der Waals surface area contributed by atoms with Gasteiger partial charge in [0.05, 0.1) is 10.7 Å². The van der Waals surface area contributed by atoms with Crippen molar-refractivity contribution < 1.29 is 14.0 Å². The first-order chi connectivity index (χ1) is 9.99. The molecule has 0 spiro atoms. The van der Waals surface area contributed by atoms with Gasteiger partial charge in [-0.05, 0) is 30.9 Å². The number of amides is 2. The van der Waals surface area contributed by atoms with E-state index in [1.165, 1.54) is 19.1 Å². The first kappa shape index (κ1) is 15.8. The van der Waals surface area contributed by atoms with Crippen LogP contribution in [0.4, 0.5) is 10.1 Å². The normalized spacial score (nSPS) is 16.5. The summed E-state index contributed by atoms with van der Waals surface area (Å²) in [5, 5.41) is 5.14. The van der Waals surface area contributed by atoms with Crippen LogP contribution < -0.4 is 10.6 Å². The molecule has 0 aromatic heterocycles. The standard InChI is InChI=1S/C15H18ClFN2O2/c1-9(20)18-14(10-5-2-3-6-10)15(21)19-12-8-4-7-11(16)13(12)17/h4,7-8,10,14H,2-3,5-6H2,1H3,(H,18,20)(H,19,21)/t14-/m0/s1. The summed E-state index contributed by atoms with van der Waals surface area (Å²) in [5.74, 6) is -1.25. The number of nitrogens with one attached hydrogen (secondary N) is 2. The molecule has 1 aliphatic rings. The van der Waals surface area contributed by atoms with Gasteiger partial charge in [0.15, 0.2) is 5.82 Å². The van der Waals surface area contributed by atoms with Crippen LogP contribution in [-0.2, 0) is 9.59 Å². The van der Waals surface area contributed by atoms with Crippen molar-refractivity contribution in [3.05, 3.63) is 29.0 Å². The summed E-state index contributed by atoms with van der Waals surface area (Å²) in [6.07, 6.45) is 3.85. The zero-order valence-electron chi connectivity index (χ0n) is 11.8. The van der Waals surface area contributed by atoms with Gasteiger partial charge in [-0.15, -0.1) is 0 Å². The van der Waals surface area contributed by atoms with Gasteiger partial charge >= 0.3 is 0 Å². The van der Waals surface area contributed by atoms with Crippen molar-refractivity contribution in [3.63, 3.8) is 0 Å². The molecule has 6 heteroatoms. The van der Waals surface area contributed by atoms with E-state index in [9.17, 15) is 14.0 Å². The van der Waals surface area contributed by atoms with Crippen LogP contribution in [0.25, 0.3) is 0 Å². The second kappa shape index (κ2) is 6.89. The summed E-state index contributed by atoms with van der Waals surface area (Å²) in [4.78, 5) is 23.7. The Morgan fingerprint density at radius 1 is 1.33 bits per heavy atom. The molecule has 2 rings (SSSR count). The molecule has 0 bridgehead atoms. The minimum absolute atomic E-state index is 0.0286. The van der Waals surface area contributed by atoms with Crippen LogP contribution in [0.15, 0.2) is 18.2 Å². The van der Waals surface area contributed by atoms with Crippen molar-refractivity contribution in [2.45, 2.75) is 38.6 Å². The van der Waals surface area contributed by atoms with Crippen molar-refractivity contribution in [3.8, 4) is 0 Å². The van der Waals surface area contributed by atoms with E-state index in [0.29, 0.717) is 0 Å². The highest BCUT2D eigenvalue weighted by Crippen LogP contribution is 2.29. The van der Waals surface area contributed by atoms with Gasteiger partial charge in [0.1, 0.15) is 6.04 Å². The topological polar surface area (TPSA) is 58.2 Å². The molecule has 1 atom stereocenters. The lowest BCUT2D eigenvalue weighted by molar-refractivity contribution is -0.126. The summed E-state index contributed by atoms with van der Waals surface area (Å²) < 4.78 is 13.8. The molecule has 1 aromatic carbocycles. The second-order valence-corrected chi connectivity index (χ2v) is 5.72. The minimum atomic E-state index is -0.666. The minimum Gasteiger partial charge on any atom is -0.344 e. The molecule has 1 aromatic rings. The molecule has 0 aliphatic heterocycles. The van der Waals surface area contributed by atoms with E-state index >= 15 is 0 Å². The molecular formula is C15H18ClFN2O2. The maximum absolute atomic E-state index is 13.8. The fraction of sp³-hybridized carbons (Fsp3) is 0.467. The molecule has 21 heavy (non-hydrogen) atoms. The molecule has 0 saturated heterocycles. The molecular weight excluding hydrogens is 295 g/mol. The third-order valence-electron chi connectivity index (χ3n) is 3.72. The van der Waals surface area contributed by atoms with Crippen LogP contribution in [0.2, 0.25) is 5.02 Å². The van der Waals surface area contributed by atoms with Crippen LogP contribution in [0.1, 0.15) is 32.6 Å². The van der Waals surface area contributed by atoms with Gasteiger partial charge in [-0.1, -0.05) is 30.5 Å². The highest BCUT2D eigenvalue weighted by atomic mass is 35.5. The smallest absolute Gasteiger partial charge is 0.247 e. The Hall–Kier alpha value is -1.62. The van der Waals surface area contributed by atoms with Crippen LogP contribution >= 0.6 is 11.6 Å². The highest BCUT2D eigenvalue weighted by Gasteiger charge is 2.31. The number of benzene rings is 1. The lowest BCUT2D eigenvalue weighted by Crippen LogP contribution is -2.47. The molecule has 2 N–H and O–H groups in total. The first-order valence-corrected chi connectivity index (χ1v) is 7.39. The Labute approximate surface area is 128 Å². The van der Waals surface area contributed by atoms with E-state index in [4.69, 9.17) is 11.6 Å². The summed E-state index contributed by atoms with van der Waals surface area (Å²) in [6.45, 7) is 1.37. The van der Waals surface area contributed by atoms with Crippen molar-refractivity contribution in [1.82, 2.24) is 5.32 Å². The Morgan fingerprint density at radius 3 is 2.62 bits per heavy atom. The summed E-state index contributed by atoms with van der Waals surface area (Å²) in [6, 6.07) is 3.78. The summed E-state index contributed by atoms with van der Waals surface area (Å²) >= 11 is 5.69. The van der Waals surface area contributed by atoms with Crippen molar-refractivity contribution in [2.75, 3.05) is 5.32 Å². The van der Waals surface area contributed by atoms with Gasteiger partial charge in [-0.3, -0.25) is 9.59 Å².